The maximum absolute atomic E-state index is 14.1. The zero-order valence-electron chi connectivity index (χ0n) is 17.4. The van der Waals surface area contributed by atoms with Crippen LogP contribution in [0.15, 0.2) is 71.6 Å². The number of benzene rings is 3. The molecule has 0 radical (unpaired) electrons. The Morgan fingerprint density at radius 1 is 0.939 bits per heavy atom. The van der Waals surface area contributed by atoms with E-state index in [-0.39, 0.29) is 22.0 Å². The van der Waals surface area contributed by atoms with Crippen molar-refractivity contribution in [2.45, 2.75) is 4.90 Å². The van der Waals surface area contributed by atoms with Crippen LogP contribution in [0.4, 0.5) is 21.5 Å². The van der Waals surface area contributed by atoms with Crippen LogP contribution in [-0.4, -0.2) is 45.7 Å². The van der Waals surface area contributed by atoms with Crippen LogP contribution in [0.5, 0.6) is 0 Å². The fourth-order valence-electron chi connectivity index (χ4n) is 3.73. The summed E-state index contributed by atoms with van der Waals surface area (Å²) >= 11 is 5.81. The van der Waals surface area contributed by atoms with Crippen LogP contribution in [0.25, 0.3) is 0 Å². The number of carbonyl (C=O) groups is 1. The van der Waals surface area contributed by atoms with Crippen molar-refractivity contribution < 1.29 is 22.7 Å². The molecule has 0 aromatic heterocycles. The summed E-state index contributed by atoms with van der Waals surface area (Å²) in [6, 6.07) is 16.7. The normalized spacial score (nSPS) is 14.2. The first-order valence-electron chi connectivity index (χ1n) is 10.1. The summed E-state index contributed by atoms with van der Waals surface area (Å²) < 4.78 is 41.8. The lowest BCUT2D eigenvalue weighted by molar-refractivity contribution is 0.0698. The molecule has 4 rings (SSSR count). The maximum Gasteiger partial charge on any atom is 0.337 e. The lowest BCUT2D eigenvalue weighted by Crippen LogP contribution is -2.46. The Hall–Kier alpha value is -3.30. The SMILES string of the molecule is O=C(O)c1cc(N2CCN(c3ccccc3F)CC2)ccc1NS(=O)(=O)c1ccc(Cl)cc1. The molecule has 1 saturated heterocycles. The summed E-state index contributed by atoms with van der Waals surface area (Å²) in [5, 5.41) is 10.1. The van der Waals surface area contributed by atoms with Crippen LogP contribution in [0.1, 0.15) is 10.4 Å². The van der Waals surface area contributed by atoms with Gasteiger partial charge in [-0.05, 0) is 54.6 Å². The second-order valence-electron chi connectivity index (χ2n) is 7.52. The number of nitrogens with zero attached hydrogens (tertiary/aromatic N) is 2. The van der Waals surface area contributed by atoms with E-state index >= 15 is 0 Å². The molecule has 1 aliphatic heterocycles. The van der Waals surface area contributed by atoms with E-state index in [0.29, 0.717) is 42.6 Å². The lowest BCUT2D eigenvalue weighted by atomic mass is 10.1. The summed E-state index contributed by atoms with van der Waals surface area (Å²) in [6.07, 6.45) is 0. The molecule has 0 amide bonds. The predicted molar refractivity (Wildman–Crippen MR) is 126 cm³/mol. The van der Waals surface area contributed by atoms with Crippen molar-refractivity contribution in [1.82, 2.24) is 0 Å². The molecule has 1 aliphatic rings. The van der Waals surface area contributed by atoms with Crippen molar-refractivity contribution in [3.63, 3.8) is 0 Å². The van der Waals surface area contributed by atoms with Gasteiger partial charge in [-0.15, -0.1) is 0 Å². The van der Waals surface area contributed by atoms with Gasteiger partial charge < -0.3 is 14.9 Å². The molecule has 0 atom stereocenters. The average Bonchev–Trinajstić information content (AvgIpc) is 2.80. The fourth-order valence-corrected chi connectivity index (χ4v) is 4.93. The number of anilines is 3. The number of hydrogen-bond acceptors (Lipinski definition) is 5. The van der Waals surface area contributed by atoms with E-state index in [1.807, 2.05) is 9.80 Å². The summed E-state index contributed by atoms with van der Waals surface area (Å²) in [7, 11) is -3.99. The molecule has 0 unspecified atom stereocenters. The Morgan fingerprint density at radius 3 is 2.21 bits per heavy atom. The summed E-state index contributed by atoms with van der Waals surface area (Å²) in [5.74, 6) is -1.54. The molecule has 0 bridgehead atoms. The highest BCUT2D eigenvalue weighted by atomic mass is 35.5. The number of carboxylic acid groups (broad SMARTS) is 1. The minimum atomic E-state index is -3.99. The zero-order chi connectivity index (χ0) is 23.6. The van der Waals surface area contributed by atoms with Gasteiger partial charge in [-0.2, -0.15) is 0 Å². The Labute approximate surface area is 196 Å². The first kappa shape index (κ1) is 22.9. The molecule has 33 heavy (non-hydrogen) atoms. The molecule has 172 valence electrons. The van der Waals surface area contributed by atoms with E-state index in [1.165, 1.54) is 42.5 Å². The predicted octanol–water partition coefficient (Wildman–Crippen LogP) is 4.30. The third kappa shape index (κ3) is 5.04. The first-order valence-corrected chi connectivity index (χ1v) is 12.0. The monoisotopic (exact) mass is 489 g/mol. The van der Waals surface area contributed by atoms with E-state index in [0.717, 1.165) is 0 Å². The van der Waals surface area contributed by atoms with Crippen LogP contribution < -0.4 is 14.5 Å². The van der Waals surface area contributed by atoms with Gasteiger partial charge in [-0.1, -0.05) is 23.7 Å². The lowest BCUT2D eigenvalue weighted by Gasteiger charge is -2.37. The maximum atomic E-state index is 14.1. The number of rotatable bonds is 6. The second kappa shape index (κ2) is 9.29. The molecule has 1 fully saturated rings. The highest BCUT2D eigenvalue weighted by Gasteiger charge is 2.23. The smallest absolute Gasteiger partial charge is 0.337 e. The summed E-state index contributed by atoms with van der Waals surface area (Å²) in [6.45, 7) is 2.25. The standard InChI is InChI=1S/C23H21ClFN3O4S/c24-16-5-8-18(9-6-16)33(31,32)26-21-10-7-17(15-19(21)23(29)30)27-11-13-28(14-12-27)22-4-2-1-3-20(22)25/h1-10,15,26H,11-14H2,(H,29,30). The van der Waals surface area contributed by atoms with E-state index in [9.17, 15) is 22.7 Å². The van der Waals surface area contributed by atoms with Gasteiger partial charge in [0, 0.05) is 36.9 Å². The minimum absolute atomic E-state index is 0.0309. The number of carboxylic acids is 1. The second-order valence-corrected chi connectivity index (χ2v) is 9.64. The zero-order valence-corrected chi connectivity index (χ0v) is 19.0. The van der Waals surface area contributed by atoms with Gasteiger partial charge in [0.05, 0.1) is 21.8 Å². The van der Waals surface area contributed by atoms with Crippen molar-refractivity contribution in [2.75, 3.05) is 40.7 Å². The number of halogens is 2. The van der Waals surface area contributed by atoms with Crippen LogP contribution in [0.2, 0.25) is 5.02 Å². The number of hydrogen-bond donors (Lipinski definition) is 2. The average molecular weight is 490 g/mol. The van der Waals surface area contributed by atoms with Gasteiger partial charge in [0.15, 0.2) is 0 Å². The van der Waals surface area contributed by atoms with Gasteiger partial charge in [0.2, 0.25) is 0 Å². The fraction of sp³-hybridized carbons (Fsp3) is 0.174. The van der Waals surface area contributed by atoms with Crippen LogP contribution in [0, 0.1) is 5.82 Å². The molecule has 10 heteroatoms. The number of nitrogens with one attached hydrogen (secondary N) is 1. The molecule has 1 heterocycles. The molecule has 0 saturated carbocycles. The number of piperazine rings is 1. The van der Waals surface area contributed by atoms with Crippen molar-refractivity contribution in [1.29, 1.82) is 0 Å². The Balaban J connectivity index is 1.52. The van der Waals surface area contributed by atoms with Crippen molar-refractivity contribution in [3.05, 3.63) is 83.1 Å². The molecular formula is C23H21ClFN3O4S. The molecule has 3 aromatic carbocycles. The Kier molecular flexibility index (Phi) is 6.44. The Morgan fingerprint density at radius 2 is 1.58 bits per heavy atom. The highest BCUT2D eigenvalue weighted by molar-refractivity contribution is 7.92. The third-order valence-electron chi connectivity index (χ3n) is 5.44. The van der Waals surface area contributed by atoms with E-state index in [2.05, 4.69) is 4.72 Å². The summed E-state index contributed by atoms with van der Waals surface area (Å²) in [5.41, 5.74) is 0.984. The minimum Gasteiger partial charge on any atom is -0.478 e. The van der Waals surface area contributed by atoms with Crippen molar-refractivity contribution in [3.8, 4) is 0 Å². The van der Waals surface area contributed by atoms with Gasteiger partial charge in [-0.3, -0.25) is 4.72 Å². The molecule has 2 N–H and O–H groups in total. The number of aromatic carboxylic acids is 1. The van der Waals surface area contributed by atoms with Gasteiger partial charge in [0.1, 0.15) is 5.82 Å². The Bertz CT molecular complexity index is 1280. The van der Waals surface area contributed by atoms with E-state index in [1.54, 1.807) is 24.3 Å². The highest BCUT2D eigenvalue weighted by Crippen LogP contribution is 2.28. The number of sulfonamides is 1. The van der Waals surface area contributed by atoms with Crippen molar-refractivity contribution >= 4 is 44.7 Å². The molecule has 3 aromatic rings. The molecule has 0 aliphatic carbocycles. The van der Waals surface area contributed by atoms with E-state index < -0.39 is 16.0 Å². The molecule has 7 nitrogen and oxygen atoms in total. The summed E-state index contributed by atoms with van der Waals surface area (Å²) in [4.78, 5) is 15.8. The van der Waals surface area contributed by atoms with Crippen LogP contribution >= 0.6 is 11.6 Å². The quantitative estimate of drug-likeness (QED) is 0.536. The van der Waals surface area contributed by atoms with E-state index in [4.69, 9.17) is 11.6 Å². The van der Waals surface area contributed by atoms with Crippen LogP contribution in [0.3, 0.4) is 0 Å². The van der Waals surface area contributed by atoms with Gasteiger partial charge >= 0.3 is 5.97 Å². The topological polar surface area (TPSA) is 89.9 Å². The number of para-hydroxylation sites is 1. The van der Waals surface area contributed by atoms with Gasteiger partial charge in [-0.25, -0.2) is 17.6 Å². The first-order chi connectivity index (χ1) is 15.7. The third-order valence-corrected chi connectivity index (χ3v) is 7.07. The largest absolute Gasteiger partial charge is 0.478 e. The molecular weight excluding hydrogens is 469 g/mol. The van der Waals surface area contributed by atoms with Gasteiger partial charge in [0.25, 0.3) is 10.0 Å². The van der Waals surface area contributed by atoms with Crippen molar-refractivity contribution in [2.24, 2.45) is 0 Å². The van der Waals surface area contributed by atoms with Crippen LogP contribution in [-0.2, 0) is 10.0 Å². The molecule has 0 spiro atoms.